The van der Waals surface area contributed by atoms with E-state index in [2.05, 4.69) is 50.3 Å². The molecule has 0 radical (unpaired) electrons. The Bertz CT molecular complexity index is 394. The van der Waals surface area contributed by atoms with Crippen molar-refractivity contribution < 1.29 is 0 Å². The van der Waals surface area contributed by atoms with Crippen LogP contribution in [0.5, 0.6) is 0 Å². The van der Waals surface area contributed by atoms with Crippen LogP contribution < -0.4 is 0 Å². The highest BCUT2D eigenvalue weighted by molar-refractivity contribution is 14.1. The largest absolute Gasteiger partial charge is 0.209 e. The van der Waals surface area contributed by atoms with Gasteiger partial charge in [-0.3, -0.25) is 0 Å². The molecule has 0 bridgehead atoms. The highest BCUT2D eigenvalue weighted by atomic mass is 127. The topological polar surface area (TPSA) is 25.8 Å². The number of aryl methyl sites for hydroxylation is 1. The van der Waals surface area contributed by atoms with Crippen LogP contribution in [0.25, 0.3) is 9.88 Å². The van der Waals surface area contributed by atoms with Crippen molar-refractivity contribution in [3.63, 3.8) is 0 Å². The molecule has 12 heavy (non-hydrogen) atoms. The molecule has 0 atom stereocenters. The molecule has 2 heterocycles. The highest BCUT2D eigenvalue weighted by Crippen LogP contribution is 2.30. The Morgan fingerprint density at radius 2 is 2.33 bits per heavy atom. The maximum atomic E-state index is 4.32. The summed E-state index contributed by atoms with van der Waals surface area (Å²) in [6.07, 6.45) is 0. The predicted octanol–water partition coefficient (Wildman–Crippen LogP) is 3.18. The van der Waals surface area contributed by atoms with Gasteiger partial charge in [0, 0.05) is 22.6 Å². The van der Waals surface area contributed by atoms with E-state index in [9.17, 15) is 0 Å². The van der Waals surface area contributed by atoms with Gasteiger partial charge in [-0.05, 0) is 35.5 Å². The molecular weight excluding hydrogens is 303 g/mol. The van der Waals surface area contributed by atoms with Crippen LogP contribution in [-0.4, -0.2) is 9.36 Å². The van der Waals surface area contributed by atoms with E-state index in [0.717, 1.165) is 8.84 Å². The molecule has 2 aromatic heterocycles. The Morgan fingerprint density at radius 1 is 1.50 bits per heavy atom. The molecule has 2 aromatic rings. The van der Waals surface area contributed by atoms with Crippen molar-refractivity contribution in [1.29, 1.82) is 0 Å². The summed E-state index contributed by atoms with van der Waals surface area (Å²) in [6.45, 7) is 2.10. The Labute approximate surface area is 92.0 Å². The zero-order chi connectivity index (χ0) is 8.55. The fourth-order valence-corrected chi connectivity index (χ4v) is 3.23. The standard InChI is InChI=1S/C7H5IN2S2/c1-4-2-3-11-5(4)6-9-7(8)10-12-6/h2-3H,1H3. The average Bonchev–Trinajstić information content (AvgIpc) is 2.58. The van der Waals surface area contributed by atoms with E-state index < -0.39 is 0 Å². The molecule has 0 amide bonds. The van der Waals surface area contributed by atoms with Crippen LogP contribution in [0, 0.1) is 10.8 Å². The first-order valence-corrected chi connectivity index (χ1v) is 6.04. The lowest BCUT2D eigenvalue weighted by Gasteiger charge is -1.89. The Balaban J connectivity index is 2.50. The van der Waals surface area contributed by atoms with Crippen molar-refractivity contribution >= 4 is 45.5 Å². The molecule has 0 saturated carbocycles. The van der Waals surface area contributed by atoms with E-state index in [0.29, 0.717) is 0 Å². The van der Waals surface area contributed by atoms with Gasteiger partial charge in [0.2, 0.25) is 3.83 Å². The number of nitrogens with zero attached hydrogens (tertiary/aromatic N) is 2. The van der Waals surface area contributed by atoms with E-state index in [-0.39, 0.29) is 0 Å². The first kappa shape index (κ1) is 8.58. The molecule has 0 fully saturated rings. The molecule has 0 saturated heterocycles. The van der Waals surface area contributed by atoms with Crippen molar-refractivity contribution in [2.45, 2.75) is 6.92 Å². The summed E-state index contributed by atoms with van der Waals surface area (Å²) in [7, 11) is 0. The summed E-state index contributed by atoms with van der Waals surface area (Å²) >= 11 is 5.31. The van der Waals surface area contributed by atoms with Crippen LogP contribution in [0.2, 0.25) is 0 Å². The van der Waals surface area contributed by atoms with Crippen molar-refractivity contribution in [2.24, 2.45) is 0 Å². The van der Waals surface area contributed by atoms with Gasteiger partial charge >= 0.3 is 0 Å². The molecule has 62 valence electrons. The Hall–Kier alpha value is -0.0100. The fraction of sp³-hybridized carbons (Fsp3) is 0.143. The summed E-state index contributed by atoms with van der Waals surface area (Å²) in [5.41, 5.74) is 1.28. The maximum absolute atomic E-state index is 4.32. The van der Waals surface area contributed by atoms with Gasteiger partial charge in [-0.1, -0.05) is 0 Å². The van der Waals surface area contributed by atoms with E-state index in [1.807, 2.05) is 0 Å². The van der Waals surface area contributed by atoms with Crippen molar-refractivity contribution in [3.8, 4) is 9.88 Å². The number of halogens is 1. The monoisotopic (exact) mass is 308 g/mol. The minimum Gasteiger partial charge on any atom is -0.209 e. The second kappa shape index (κ2) is 3.39. The molecule has 5 heteroatoms. The number of hydrogen-bond donors (Lipinski definition) is 0. The molecule has 0 N–H and O–H groups in total. The van der Waals surface area contributed by atoms with Gasteiger partial charge in [0.15, 0.2) is 5.01 Å². The van der Waals surface area contributed by atoms with E-state index >= 15 is 0 Å². The van der Waals surface area contributed by atoms with Crippen molar-refractivity contribution in [3.05, 3.63) is 20.8 Å². The van der Waals surface area contributed by atoms with Gasteiger partial charge < -0.3 is 0 Å². The maximum Gasteiger partial charge on any atom is 0.203 e. The molecule has 0 aliphatic rings. The fourth-order valence-electron chi connectivity index (χ4n) is 0.890. The van der Waals surface area contributed by atoms with Crippen molar-refractivity contribution in [2.75, 3.05) is 0 Å². The third-order valence-corrected chi connectivity index (χ3v) is 4.15. The molecule has 0 aromatic carbocycles. The first-order valence-electron chi connectivity index (χ1n) is 3.31. The van der Waals surface area contributed by atoms with Crippen LogP contribution in [0.4, 0.5) is 0 Å². The molecule has 0 aliphatic heterocycles. The van der Waals surface area contributed by atoms with Crippen LogP contribution in [0.1, 0.15) is 5.56 Å². The van der Waals surface area contributed by atoms with Crippen LogP contribution in [0.15, 0.2) is 11.4 Å². The SMILES string of the molecule is Cc1ccsc1-c1nc(I)ns1. The van der Waals surface area contributed by atoms with Crippen LogP contribution >= 0.6 is 45.5 Å². The Morgan fingerprint density at radius 3 is 2.83 bits per heavy atom. The molecule has 0 aliphatic carbocycles. The van der Waals surface area contributed by atoms with Gasteiger partial charge in [0.25, 0.3) is 0 Å². The normalized spacial score (nSPS) is 10.5. The summed E-state index contributed by atoms with van der Waals surface area (Å²) in [5.74, 6) is 0. The van der Waals surface area contributed by atoms with E-state index in [1.54, 1.807) is 11.3 Å². The smallest absolute Gasteiger partial charge is 0.203 e. The molecular formula is C7H5IN2S2. The summed E-state index contributed by atoms with van der Waals surface area (Å²) < 4.78 is 4.97. The van der Waals surface area contributed by atoms with E-state index in [4.69, 9.17) is 0 Å². The highest BCUT2D eigenvalue weighted by Gasteiger charge is 2.07. The first-order chi connectivity index (χ1) is 5.77. The van der Waals surface area contributed by atoms with Gasteiger partial charge in [0.05, 0.1) is 4.88 Å². The number of thiophene rings is 1. The third kappa shape index (κ3) is 1.53. The van der Waals surface area contributed by atoms with Crippen LogP contribution in [0.3, 0.4) is 0 Å². The van der Waals surface area contributed by atoms with Gasteiger partial charge in [-0.15, -0.1) is 11.3 Å². The number of aromatic nitrogens is 2. The summed E-state index contributed by atoms with van der Waals surface area (Å²) in [5, 5.41) is 3.12. The van der Waals surface area contributed by atoms with Gasteiger partial charge in [0.1, 0.15) is 0 Å². The number of hydrogen-bond acceptors (Lipinski definition) is 4. The Kier molecular flexibility index (Phi) is 2.42. The summed E-state index contributed by atoms with van der Waals surface area (Å²) in [4.78, 5) is 5.56. The lowest BCUT2D eigenvalue weighted by Crippen LogP contribution is -1.74. The lowest BCUT2D eigenvalue weighted by atomic mass is 10.3. The zero-order valence-corrected chi connectivity index (χ0v) is 10.0. The quantitative estimate of drug-likeness (QED) is 0.756. The van der Waals surface area contributed by atoms with Gasteiger partial charge in [-0.2, -0.15) is 4.37 Å². The second-order valence-electron chi connectivity index (χ2n) is 2.30. The zero-order valence-electron chi connectivity index (χ0n) is 6.24. The molecule has 2 nitrogen and oxygen atoms in total. The molecule has 0 unspecified atom stereocenters. The van der Waals surface area contributed by atoms with E-state index in [1.165, 1.54) is 22.0 Å². The minimum absolute atomic E-state index is 0.834. The third-order valence-electron chi connectivity index (χ3n) is 1.46. The second-order valence-corrected chi connectivity index (χ2v) is 4.93. The number of rotatable bonds is 1. The lowest BCUT2D eigenvalue weighted by molar-refractivity contribution is 1.25. The molecule has 0 spiro atoms. The average molecular weight is 308 g/mol. The molecule has 2 rings (SSSR count). The summed E-state index contributed by atoms with van der Waals surface area (Å²) in [6, 6.07) is 2.11. The minimum atomic E-state index is 0.834. The van der Waals surface area contributed by atoms with Crippen LogP contribution in [-0.2, 0) is 0 Å². The van der Waals surface area contributed by atoms with Crippen molar-refractivity contribution in [1.82, 2.24) is 9.36 Å². The predicted molar refractivity (Wildman–Crippen MR) is 60.7 cm³/mol. The van der Waals surface area contributed by atoms with Gasteiger partial charge in [-0.25, -0.2) is 4.98 Å².